The van der Waals surface area contributed by atoms with Gasteiger partial charge in [0.15, 0.2) is 5.13 Å². The van der Waals surface area contributed by atoms with Gasteiger partial charge in [0.1, 0.15) is 5.75 Å². The summed E-state index contributed by atoms with van der Waals surface area (Å²) in [6.07, 6.45) is 0. The first-order valence-electron chi connectivity index (χ1n) is 8.97. The van der Waals surface area contributed by atoms with Crippen molar-refractivity contribution in [1.82, 2.24) is 9.88 Å². The lowest BCUT2D eigenvalue weighted by Gasteiger charge is -2.34. The molecule has 0 aliphatic carbocycles. The van der Waals surface area contributed by atoms with Crippen molar-refractivity contribution in [2.75, 3.05) is 37.7 Å². The van der Waals surface area contributed by atoms with E-state index in [1.165, 1.54) is 0 Å². The van der Waals surface area contributed by atoms with E-state index in [0.29, 0.717) is 25.3 Å². The first-order chi connectivity index (χ1) is 13.1. The highest BCUT2D eigenvalue weighted by Crippen LogP contribution is 2.31. The van der Waals surface area contributed by atoms with Crippen molar-refractivity contribution < 1.29 is 9.53 Å². The maximum atomic E-state index is 12.7. The number of aromatic nitrogens is 1. The Hall–Kier alpha value is -2.31. The Morgan fingerprint density at radius 1 is 1.15 bits per heavy atom. The minimum Gasteiger partial charge on any atom is -0.494 e. The lowest BCUT2D eigenvalue weighted by molar-refractivity contribution is 0.0746. The summed E-state index contributed by atoms with van der Waals surface area (Å²) in [5, 5.41) is 1.71. The summed E-state index contributed by atoms with van der Waals surface area (Å²) in [7, 11) is 0. The van der Waals surface area contributed by atoms with Crippen molar-refractivity contribution in [2.45, 2.75) is 6.92 Å². The number of nitrogens with zero attached hydrogens (tertiary/aromatic N) is 3. The number of hydrogen-bond acceptors (Lipinski definition) is 5. The number of fused-ring (bicyclic) bond motifs is 1. The van der Waals surface area contributed by atoms with E-state index in [1.807, 2.05) is 54.3 Å². The highest BCUT2D eigenvalue weighted by molar-refractivity contribution is 7.22. The molecule has 7 heteroatoms. The van der Waals surface area contributed by atoms with Gasteiger partial charge >= 0.3 is 0 Å². The third kappa shape index (κ3) is 3.87. The monoisotopic (exact) mass is 401 g/mol. The van der Waals surface area contributed by atoms with E-state index in [1.54, 1.807) is 11.3 Å². The second-order valence-corrected chi connectivity index (χ2v) is 7.79. The van der Waals surface area contributed by atoms with Crippen LogP contribution >= 0.6 is 22.9 Å². The van der Waals surface area contributed by atoms with Gasteiger partial charge in [-0.1, -0.05) is 22.9 Å². The fourth-order valence-electron chi connectivity index (χ4n) is 3.17. The van der Waals surface area contributed by atoms with Gasteiger partial charge in [-0.3, -0.25) is 4.79 Å². The van der Waals surface area contributed by atoms with Crippen LogP contribution in [-0.4, -0.2) is 48.6 Å². The molecule has 0 bridgehead atoms. The topological polar surface area (TPSA) is 45.7 Å². The molecule has 4 rings (SSSR count). The van der Waals surface area contributed by atoms with Gasteiger partial charge in [-0.05, 0) is 49.4 Å². The van der Waals surface area contributed by atoms with Crippen LogP contribution < -0.4 is 9.64 Å². The number of amides is 1. The Labute approximate surface area is 167 Å². The molecule has 1 amide bonds. The minimum atomic E-state index is 0.0637. The normalized spacial score (nSPS) is 14.6. The smallest absolute Gasteiger partial charge is 0.253 e. The van der Waals surface area contributed by atoms with Crippen molar-refractivity contribution in [1.29, 1.82) is 0 Å². The molecule has 2 aromatic carbocycles. The second-order valence-electron chi connectivity index (χ2n) is 6.35. The third-order valence-corrected chi connectivity index (χ3v) is 5.90. The molecule has 1 aliphatic rings. The zero-order valence-corrected chi connectivity index (χ0v) is 16.6. The Morgan fingerprint density at radius 3 is 2.59 bits per heavy atom. The summed E-state index contributed by atoms with van der Waals surface area (Å²) in [5.41, 5.74) is 1.66. The van der Waals surface area contributed by atoms with Crippen LogP contribution in [0.4, 0.5) is 5.13 Å². The standard InChI is InChI=1S/C20H20ClN3O2S/c1-2-26-16-6-3-14(4-7-16)19(25)23-9-11-24(12-10-23)20-22-17-8-5-15(21)13-18(17)27-20/h3-8,13H,2,9-12H2,1H3. The minimum absolute atomic E-state index is 0.0637. The molecule has 1 saturated heterocycles. The van der Waals surface area contributed by atoms with E-state index in [2.05, 4.69) is 4.90 Å². The summed E-state index contributed by atoms with van der Waals surface area (Å²) in [5.74, 6) is 0.851. The molecule has 0 N–H and O–H groups in total. The molecule has 27 heavy (non-hydrogen) atoms. The molecule has 1 aliphatic heterocycles. The Balaban J connectivity index is 1.41. The summed E-state index contributed by atoms with van der Waals surface area (Å²) in [6, 6.07) is 13.1. The number of piperazine rings is 1. The number of benzene rings is 2. The maximum absolute atomic E-state index is 12.7. The quantitative estimate of drug-likeness (QED) is 0.653. The second kappa shape index (κ2) is 7.74. The number of anilines is 1. The Morgan fingerprint density at radius 2 is 1.89 bits per heavy atom. The summed E-state index contributed by atoms with van der Waals surface area (Å²) in [6.45, 7) is 5.48. The van der Waals surface area contributed by atoms with Crippen molar-refractivity contribution in [3.8, 4) is 5.75 Å². The molecule has 1 aromatic heterocycles. The average molecular weight is 402 g/mol. The average Bonchev–Trinajstić information content (AvgIpc) is 3.11. The molecule has 0 radical (unpaired) electrons. The van der Waals surface area contributed by atoms with E-state index >= 15 is 0 Å². The van der Waals surface area contributed by atoms with E-state index < -0.39 is 0 Å². The van der Waals surface area contributed by atoms with E-state index in [9.17, 15) is 4.79 Å². The molecule has 2 heterocycles. The van der Waals surface area contributed by atoms with Gasteiger partial charge in [0.2, 0.25) is 0 Å². The zero-order valence-electron chi connectivity index (χ0n) is 15.0. The number of ether oxygens (including phenoxy) is 1. The van der Waals surface area contributed by atoms with Gasteiger partial charge in [-0.15, -0.1) is 0 Å². The van der Waals surface area contributed by atoms with Crippen molar-refractivity contribution in [3.05, 3.63) is 53.1 Å². The number of carbonyl (C=O) groups excluding carboxylic acids is 1. The van der Waals surface area contributed by atoms with Crippen LogP contribution in [0.5, 0.6) is 5.75 Å². The van der Waals surface area contributed by atoms with Crippen molar-refractivity contribution >= 4 is 44.2 Å². The fraction of sp³-hybridized carbons (Fsp3) is 0.300. The van der Waals surface area contributed by atoms with Gasteiger partial charge in [0, 0.05) is 36.8 Å². The number of rotatable bonds is 4. The van der Waals surface area contributed by atoms with E-state index in [0.717, 1.165) is 39.2 Å². The van der Waals surface area contributed by atoms with E-state index in [4.69, 9.17) is 21.3 Å². The van der Waals surface area contributed by atoms with Gasteiger partial charge in [0.05, 0.1) is 16.8 Å². The highest BCUT2D eigenvalue weighted by atomic mass is 35.5. The Bertz CT molecular complexity index is 950. The summed E-state index contributed by atoms with van der Waals surface area (Å²) in [4.78, 5) is 21.6. The van der Waals surface area contributed by atoms with Crippen LogP contribution in [0, 0.1) is 0 Å². The molecule has 0 unspecified atom stereocenters. The molecule has 3 aromatic rings. The predicted molar refractivity (Wildman–Crippen MR) is 110 cm³/mol. The van der Waals surface area contributed by atoms with Crippen molar-refractivity contribution in [2.24, 2.45) is 0 Å². The Kier molecular flexibility index (Phi) is 5.18. The fourth-order valence-corrected chi connectivity index (χ4v) is 4.46. The number of carbonyl (C=O) groups is 1. The lowest BCUT2D eigenvalue weighted by atomic mass is 10.1. The van der Waals surface area contributed by atoms with Crippen LogP contribution in [0.2, 0.25) is 5.02 Å². The molecule has 140 valence electrons. The first kappa shape index (κ1) is 18.1. The third-order valence-electron chi connectivity index (χ3n) is 4.59. The molecular formula is C20H20ClN3O2S. The largest absolute Gasteiger partial charge is 0.494 e. The number of halogens is 1. The molecule has 0 spiro atoms. The van der Waals surface area contributed by atoms with Crippen LogP contribution in [0.15, 0.2) is 42.5 Å². The molecular weight excluding hydrogens is 382 g/mol. The number of hydrogen-bond donors (Lipinski definition) is 0. The predicted octanol–water partition coefficient (Wildman–Crippen LogP) is 4.31. The zero-order chi connectivity index (χ0) is 18.8. The lowest BCUT2D eigenvalue weighted by Crippen LogP contribution is -2.48. The van der Waals surface area contributed by atoms with Gasteiger partial charge < -0.3 is 14.5 Å². The molecule has 0 atom stereocenters. The van der Waals surface area contributed by atoms with Crippen LogP contribution in [0.25, 0.3) is 10.2 Å². The first-order valence-corrected chi connectivity index (χ1v) is 10.2. The summed E-state index contributed by atoms with van der Waals surface area (Å²) >= 11 is 7.71. The van der Waals surface area contributed by atoms with Crippen LogP contribution in [-0.2, 0) is 0 Å². The molecule has 5 nitrogen and oxygen atoms in total. The van der Waals surface area contributed by atoms with Crippen molar-refractivity contribution in [3.63, 3.8) is 0 Å². The summed E-state index contributed by atoms with van der Waals surface area (Å²) < 4.78 is 6.52. The van der Waals surface area contributed by atoms with Crippen LogP contribution in [0.1, 0.15) is 17.3 Å². The highest BCUT2D eigenvalue weighted by Gasteiger charge is 2.24. The maximum Gasteiger partial charge on any atom is 0.253 e. The number of thiazole rings is 1. The van der Waals surface area contributed by atoms with Gasteiger partial charge in [0.25, 0.3) is 5.91 Å². The van der Waals surface area contributed by atoms with Gasteiger partial charge in [-0.2, -0.15) is 0 Å². The van der Waals surface area contributed by atoms with E-state index in [-0.39, 0.29) is 5.91 Å². The molecule has 1 fully saturated rings. The SMILES string of the molecule is CCOc1ccc(C(=O)N2CCN(c3nc4ccc(Cl)cc4s3)CC2)cc1. The molecule has 0 saturated carbocycles. The van der Waals surface area contributed by atoms with Gasteiger partial charge in [-0.25, -0.2) is 4.98 Å². The van der Waals surface area contributed by atoms with Crippen LogP contribution in [0.3, 0.4) is 0 Å².